The van der Waals surface area contributed by atoms with Gasteiger partial charge in [-0.1, -0.05) is 0 Å². The Balaban J connectivity index is 1.91. The van der Waals surface area contributed by atoms with Crippen molar-refractivity contribution in [2.45, 2.75) is 31.9 Å². The molecule has 1 unspecified atom stereocenters. The largest absolute Gasteiger partial charge is 0.497 e. The molecule has 0 saturated carbocycles. The van der Waals surface area contributed by atoms with E-state index in [-0.39, 0.29) is 23.1 Å². The minimum atomic E-state index is -0.408. The van der Waals surface area contributed by atoms with Crippen molar-refractivity contribution >= 4 is 17.5 Å². The maximum atomic E-state index is 12.5. The van der Waals surface area contributed by atoms with Gasteiger partial charge >= 0.3 is 0 Å². The number of halogens is 1. The highest BCUT2D eigenvalue weighted by Gasteiger charge is 2.35. The van der Waals surface area contributed by atoms with Crippen LogP contribution in [0.15, 0.2) is 18.2 Å². The van der Waals surface area contributed by atoms with Gasteiger partial charge in [-0.15, -0.1) is 5.10 Å². The molecular weight excluding hydrogens is 332 g/mol. The predicted octanol–water partition coefficient (Wildman–Crippen LogP) is 2.51. The van der Waals surface area contributed by atoms with Crippen molar-refractivity contribution < 1.29 is 14.3 Å². The topological polar surface area (TPSA) is 78.3 Å². The number of aromatic nitrogens is 3. The van der Waals surface area contributed by atoms with Crippen molar-refractivity contribution in [3.8, 4) is 11.5 Å². The fourth-order valence-corrected chi connectivity index (χ4v) is 2.89. The van der Waals surface area contributed by atoms with Gasteiger partial charge in [0.25, 0.3) is 5.91 Å². The van der Waals surface area contributed by atoms with E-state index < -0.39 is 5.60 Å². The predicted molar refractivity (Wildman–Crippen MR) is 88.5 cm³/mol. The van der Waals surface area contributed by atoms with Gasteiger partial charge in [0, 0.05) is 19.0 Å². The molecule has 1 aromatic carbocycles. The zero-order valence-corrected chi connectivity index (χ0v) is 14.7. The molecule has 1 atom stereocenters. The summed E-state index contributed by atoms with van der Waals surface area (Å²) < 4.78 is 12.6. The third-order valence-electron chi connectivity index (χ3n) is 3.89. The van der Waals surface area contributed by atoms with E-state index >= 15 is 0 Å². The minimum Gasteiger partial charge on any atom is -0.497 e. The number of hydrogen-bond donors (Lipinski definition) is 1. The average Bonchev–Trinajstić information content (AvgIpc) is 2.85. The molecule has 0 bridgehead atoms. The molecule has 128 valence electrons. The highest BCUT2D eigenvalue weighted by Crippen LogP contribution is 2.41. The van der Waals surface area contributed by atoms with E-state index in [0.717, 1.165) is 11.3 Å². The van der Waals surface area contributed by atoms with Crippen molar-refractivity contribution in [3.05, 3.63) is 34.9 Å². The molecular formula is C16H19ClN4O3. The van der Waals surface area contributed by atoms with Gasteiger partial charge in [-0.25, -0.2) is 4.68 Å². The summed E-state index contributed by atoms with van der Waals surface area (Å²) in [4.78, 5) is 16.4. The number of nitrogens with zero attached hydrogens (tertiary/aromatic N) is 3. The Morgan fingerprint density at radius 2 is 2.25 bits per heavy atom. The number of ether oxygens (including phenoxy) is 2. The van der Waals surface area contributed by atoms with Crippen LogP contribution in [0, 0.1) is 0 Å². The van der Waals surface area contributed by atoms with Gasteiger partial charge in [-0.3, -0.25) is 4.79 Å². The number of hydrogen-bond acceptors (Lipinski definition) is 5. The monoisotopic (exact) mass is 350 g/mol. The SMILES string of the molecule is COc1ccc2c(c1)C(NC(=O)c1nc(Cl)n(C)n1)CC(C)(C)O2. The van der Waals surface area contributed by atoms with Crippen LogP contribution in [0.1, 0.15) is 42.5 Å². The number of benzene rings is 1. The molecule has 2 heterocycles. The second kappa shape index (κ2) is 5.98. The van der Waals surface area contributed by atoms with Crippen LogP contribution in [-0.4, -0.2) is 33.4 Å². The molecule has 2 aromatic rings. The maximum Gasteiger partial charge on any atom is 0.291 e. The summed E-state index contributed by atoms with van der Waals surface area (Å²) in [5.74, 6) is 1.09. The molecule has 1 N–H and O–H groups in total. The van der Waals surface area contributed by atoms with E-state index in [9.17, 15) is 4.79 Å². The Labute approximate surface area is 144 Å². The number of amides is 1. The van der Waals surface area contributed by atoms with E-state index in [1.807, 2.05) is 32.0 Å². The number of rotatable bonds is 3. The van der Waals surface area contributed by atoms with E-state index in [1.54, 1.807) is 14.2 Å². The summed E-state index contributed by atoms with van der Waals surface area (Å²) in [6.45, 7) is 3.96. The zero-order chi connectivity index (χ0) is 17.5. The summed E-state index contributed by atoms with van der Waals surface area (Å²) in [5, 5.41) is 7.14. The molecule has 3 rings (SSSR count). The summed E-state index contributed by atoms with van der Waals surface area (Å²) in [5.41, 5.74) is 0.457. The number of carbonyl (C=O) groups excluding carboxylic acids is 1. The van der Waals surface area contributed by atoms with E-state index in [2.05, 4.69) is 15.4 Å². The van der Waals surface area contributed by atoms with E-state index in [4.69, 9.17) is 21.1 Å². The maximum absolute atomic E-state index is 12.5. The highest BCUT2D eigenvalue weighted by molar-refractivity contribution is 6.28. The normalized spacial score (nSPS) is 18.5. The fraction of sp³-hybridized carbons (Fsp3) is 0.438. The molecule has 0 fully saturated rings. The highest BCUT2D eigenvalue weighted by atomic mass is 35.5. The van der Waals surface area contributed by atoms with Crippen LogP contribution < -0.4 is 14.8 Å². The Morgan fingerprint density at radius 1 is 1.50 bits per heavy atom. The first-order valence-corrected chi connectivity index (χ1v) is 7.91. The van der Waals surface area contributed by atoms with E-state index in [1.165, 1.54) is 4.68 Å². The first kappa shape index (κ1) is 16.6. The van der Waals surface area contributed by atoms with Gasteiger partial charge in [-0.05, 0) is 43.6 Å². The molecule has 0 saturated heterocycles. The lowest BCUT2D eigenvalue weighted by molar-refractivity contribution is 0.0615. The van der Waals surface area contributed by atoms with Gasteiger partial charge < -0.3 is 14.8 Å². The van der Waals surface area contributed by atoms with Crippen LogP contribution in [0.2, 0.25) is 5.28 Å². The Kier molecular flexibility index (Phi) is 4.13. The van der Waals surface area contributed by atoms with Crippen molar-refractivity contribution in [3.63, 3.8) is 0 Å². The second-order valence-corrected chi connectivity index (χ2v) is 6.66. The lowest BCUT2D eigenvalue weighted by Crippen LogP contribution is -2.41. The lowest BCUT2D eigenvalue weighted by Gasteiger charge is -2.37. The summed E-state index contributed by atoms with van der Waals surface area (Å²) in [6, 6.07) is 5.31. The Bertz CT molecular complexity index is 768. The Hall–Kier alpha value is -2.28. The molecule has 1 aliphatic heterocycles. The number of fused-ring (bicyclic) bond motifs is 1. The molecule has 1 aromatic heterocycles. The summed E-state index contributed by atoms with van der Waals surface area (Å²) in [6.07, 6.45) is 0.611. The molecule has 0 radical (unpaired) electrons. The first-order chi connectivity index (χ1) is 11.3. The second-order valence-electron chi connectivity index (χ2n) is 6.32. The van der Waals surface area contributed by atoms with Crippen LogP contribution in [0.4, 0.5) is 0 Å². The number of nitrogens with one attached hydrogen (secondary N) is 1. The first-order valence-electron chi connectivity index (χ1n) is 7.53. The number of carbonyl (C=O) groups is 1. The van der Waals surface area contributed by atoms with Crippen LogP contribution in [0.5, 0.6) is 11.5 Å². The lowest BCUT2D eigenvalue weighted by atomic mass is 9.89. The van der Waals surface area contributed by atoms with Crippen molar-refractivity contribution in [1.29, 1.82) is 0 Å². The van der Waals surface area contributed by atoms with Crippen LogP contribution in [0.3, 0.4) is 0 Å². The quantitative estimate of drug-likeness (QED) is 0.920. The zero-order valence-electron chi connectivity index (χ0n) is 14.0. The molecule has 0 aliphatic carbocycles. The third-order valence-corrected chi connectivity index (χ3v) is 4.22. The minimum absolute atomic E-state index is 0.0382. The van der Waals surface area contributed by atoms with Crippen molar-refractivity contribution in [2.75, 3.05) is 7.11 Å². The number of aryl methyl sites for hydroxylation is 1. The summed E-state index contributed by atoms with van der Waals surface area (Å²) in [7, 11) is 3.23. The van der Waals surface area contributed by atoms with Gasteiger partial charge in [0.15, 0.2) is 0 Å². The van der Waals surface area contributed by atoms with Crippen molar-refractivity contribution in [1.82, 2.24) is 20.1 Å². The standard InChI is InChI=1S/C16H19ClN4O3/c1-16(2)8-11(10-7-9(23-4)5-6-12(10)24-16)18-14(22)13-19-15(17)21(3)20-13/h5-7,11H,8H2,1-4H3,(H,18,22). The summed E-state index contributed by atoms with van der Waals surface area (Å²) >= 11 is 5.85. The van der Waals surface area contributed by atoms with Crippen LogP contribution in [0.25, 0.3) is 0 Å². The molecule has 24 heavy (non-hydrogen) atoms. The molecule has 1 amide bonds. The fourth-order valence-electron chi connectivity index (χ4n) is 2.77. The average molecular weight is 351 g/mol. The van der Waals surface area contributed by atoms with Gasteiger partial charge in [0.1, 0.15) is 17.1 Å². The smallest absolute Gasteiger partial charge is 0.291 e. The molecule has 7 nitrogen and oxygen atoms in total. The van der Waals surface area contributed by atoms with Crippen LogP contribution in [-0.2, 0) is 7.05 Å². The van der Waals surface area contributed by atoms with Crippen LogP contribution >= 0.6 is 11.6 Å². The molecule has 1 aliphatic rings. The van der Waals surface area contributed by atoms with Gasteiger partial charge in [0.05, 0.1) is 13.2 Å². The Morgan fingerprint density at radius 3 is 2.88 bits per heavy atom. The molecule has 0 spiro atoms. The van der Waals surface area contributed by atoms with Crippen molar-refractivity contribution in [2.24, 2.45) is 7.05 Å². The third kappa shape index (κ3) is 3.17. The molecule has 8 heteroatoms. The van der Waals surface area contributed by atoms with Gasteiger partial charge in [0.2, 0.25) is 11.1 Å². The van der Waals surface area contributed by atoms with Gasteiger partial charge in [-0.2, -0.15) is 4.98 Å². The number of methoxy groups -OCH3 is 1. The van der Waals surface area contributed by atoms with E-state index in [0.29, 0.717) is 12.2 Å².